The van der Waals surface area contributed by atoms with Gasteiger partial charge in [-0.1, -0.05) is 94.7 Å². The summed E-state index contributed by atoms with van der Waals surface area (Å²) in [4.78, 5) is 26.4. The second-order valence-corrected chi connectivity index (χ2v) is 20.5. The Labute approximate surface area is 327 Å². The number of carbonyl (C=O) groups excluding carboxylic acids is 2. The van der Waals surface area contributed by atoms with Crippen molar-refractivity contribution in [3.63, 3.8) is 0 Å². The van der Waals surface area contributed by atoms with E-state index < -0.39 is 9.84 Å². The second kappa shape index (κ2) is 15.1. The fraction of sp³-hybridized carbons (Fsp3) is 0.381. The minimum atomic E-state index is -4.04. The average Bonchev–Trinajstić information content (AvgIpc) is 3.00. The van der Waals surface area contributed by atoms with Gasteiger partial charge in [-0.3, -0.25) is 9.59 Å². The number of rotatable bonds is 6. The molecule has 2 aromatic carbocycles. The van der Waals surface area contributed by atoms with E-state index in [0.29, 0.717) is 33.7 Å². The Morgan fingerprint density at radius 2 is 0.906 bits per heavy atom. The highest BCUT2D eigenvalue weighted by molar-refractivity contribution is 9.10. The molecule has 4 rings (SSSR count). The van der Waals surface area contributed by atoms with Crippen LogP contribution in [0.1, 0.15) is 83.1 Å². The van der Waals surface area contributed by atoms with Gasteiger partial charge in [-0.2, -0.15) is 20.5 Å². The standard InChI is InChI=1S/C42H48BrClN4O4S/c1-39(2,3)29-17-25(18-30(37(29)49)40(4,5)6)23-45-47-27-13-15-35(33(43)21-27)53(51,52)36-16-14-28(22-34(36)44)48-46-24-26-19-31(41(7,8)9)38(50)32(20-26)42(10,11)12/h13-24H,1-12H3. The Morgan fingerprint density at radius 1 is 0.566 bits per heavy atom. The molecule has 2 aliphatic rings. The molecule has 0 aliphatic heterocycles. The zero-order valence-electron chi connectivity index (χ0n) is 32.5. The predicted molar refractivity (Wildman–Crippen MR) is 216 cm³/mol. The molecule has 0 amide bonds. The smallest absolute Gasteiger partial charge is 0.209 e. The first-order valence-corrected chi connectivity index (χ1v) is 19.9. The summed E-state index contributed by atoms with van der Waals surface area (Å²) in [5, 5.41) is 17.0. The number of allylic oxidation sites excluding steroid dienone is 10. The van der Waals surface area contributed by atoms with Gasteiger partial charge >= 0.3 is 0 Å². The summed E-state index contributed by atoms with van der Waals surface area (Å²) in [6, 6.07) is 8.93. The molecule has 0 radical (unpaired) electrons. The number of benzene rings is 2. The predicted octanol–water partition coefficient (Wildman–Crippen LogP) is 12.9. The normalized spacial score (nSPS) is 16.6. The number of nitrogens with zero attached hydrogens (tertiary/aromatic N) is 4. The number of sulfone groups is 1. The van der Waals surface area contributed by atoms with Crippen LogP contribution in [0.5, 0.6) is 0 Å². The van der Waals surface area contributed by atoms with Crippen molar-refractivity contribution in [1.29, 1.82) is 0 Å². The molecule has 0 aromatic heterocycles. The third-order valence-corrected chi connectivity index (χ3v) is 11.8. The molecule has 8 nitrogen and oxygen atoms in total. The number of azo groups is 2. The van der Waals surface area contributed by atoms with Gasteiger partial charge in [0.2, 0.25) is 9.84 Å². The number of carbonyl (C=O) groups is 2. The maximum Gasteiger partial charge on any atom is 0.209 e. The van der Waals surface area contributed by atoms with Gasteiger partial charge in [0.05, 0.1) is 38.6 Å². The molecule has 0 unspecified atom stereocenters. The summed E-state index contributed by atoms with van der Waals surface area (Å²) >= 11 is 9.92. The first-order chi connectivity index (χ1) is 24.2. The molecule has 2 aliphatic carbocycles. The SMILES string of the molecule is CC(C)(C)C1=CC(=CN=Nc2ccc(S(=O)(=O)c3ccc(N=NC=C4C=C(C(C)(C)C)C(=O)C(C(C)(C)C)=C4)cc3Br)c(Cl)c2)C=C(C(C)(C)C)C1=O. The lowest BCUT2D eigenvalue weighted by molar-refractivity contribution is -0.114. The third-order valence-electron chi connectivity index (χ3n) is 8.62. The van der Waals surface area contributed by atoms with Gasteiger partial charge in [-0.05, 0) is 109 Å². The topological polar surface area (TPSA) is 118 Å². The summed E-state index contributed by atoms with van der Waals surface area (Å²) < 4.78 is 27.7. The van der Waals surface area contributed by atoms with E-state index in [1.54, 1.807) is 24.5 Å². The summed E-state index contributed by atoms with van der Waals surface area (Å²) in [6.45, 7) is 24.0. The van der Waals surface area contributed by atoms with E-state index in [2.05, 4.69) is 36.4 Å². The zero-order valence-corrected chi connectivity index (χ0v) is 35.7. The van der Waals surface area contributed by atoms with Crippen LogP contribution in [0, 0.1) is 21.7 Å². The summed E-state index contributed by atoms with van der Waals surface area (Å²) in [7, 11) is -4.04. The van der Waals surface area contributed by atoms with Crippen LogP contribution in [0.25, 0.3) is 0 Å². The van der Waals surface area contributed by atoms with Crippen LogP contribution >= 0.6 is 27.5 Å². The minimum absolute atomic E-state index is 0.00633. The maximum absolute atomic E-state index is 13.7. The first kappa shape index (κ1) is 41.9. The third kappa shape index (κ3) is 9.82. The second-order valence-electron chi connectivity index (χ2n) is 17.3. The molecule has 0 saturated carbocycles. The molecule has 0 atom stereocenters. The van der Waals surface area contributed by atoms with E-state index in [1.807, 2.05) is 107 Å². The van der Waals surface area contributed by atoms with E-state index in [1.165, 1.54) is 24.3 Å². The maximum atomic E-state index is 13.7. The van der Waals surface area contributed by atoms with Crippen molar-refractivity contribution < 1.29 is 18.0 Å². The first-order valence-electron chi connectivity index (χ1n) is 17.3. The van der Waals surface area contributed by atoms with E-state index >= 15 is 0 Å². The Hall–Kier alpha value is -3.86. The van der Waals surface area contributed by atoms with Crippen LogP contribution in [-0.2, 0) is 19.4 Å². The molecule has 280 valence electrons. The van der Waals surface area contributed by atoms with Gasteiger partial charge in [-0.15, -0.1) is 0 Å². The molecular weight excluding hydrogens is 772 g/mol. The van der Waals surface area contributed by atoms with E-state index in [0.717, 1.165) is 11.1 Å². The number of hydrogen-bond donors (Lipinski definition) is 0. The molecule has 53 heavy (non-hydrogen) atoms. The van der Waals surface area contributed by atoms with Crippen molar-refractivity contribution in [2.24, 2.45) is 42.1 Å². The summed E-state index contributed by atoms with van der Waals surface area (Å²) in [6.07, 6.45) is 10.5. The highest BCUT2D eigenvalue weighted by atomic mass is 79.9. The lowest BCUT2D eigenvalue weighted by Gasteiger charge is -2.31. The van der Waals surface area contributed by atoms with Crippen LogP contribution in [-0.4, -0.2) is 20.0 Å². The number of halogens is 2. The van der Waals surface area contributed by atoms with Gasteiger partial charge in [0.25, 0.3) is 0 Å². The molecule has 0 heterocycles. The molecule has 0 saturated heterocycles. The Kier molecular flexibility index (Phi) is 11.9. The van der Waals surface area contributed by atoms with Crippen molar-refractivity contribution in [2.45, 2.75) is 92.9 Å². The molecule has 0 N–H and O–H groups in total. The van der Waals surface area contributed by atoms with Crippen molar-refractivity contribution in [1.82, 2.24) is 0 Å². The monoisotopic (exact) mass is 818 g/mol. The van der Waals surface area contributed by atoms with Crippen LogP contribution in [0.3, 0.4) is 0 Å². The molecule has 0 fully saturated rings. The highest BCUT2D eigenvalue weighted by Gasteiger charge is 2.35. The van der Waals surface area contributed by atoms with Crippen LogP contribution < -0.4 is 0 Å². The molecule has 2 aromatic rings. The summed E-state index contributed by atoms with van der Waals surface area (Å²) in [5.41, 5.74) is 3.65. The van der Waals surface area contributed by atoms with E-state index in [-0.39, 0.29) is 52.5 Å². The van der Waals surface area contributed by atoms with Crippen molar-refractivity contribution in [2.75, 3.05) is 0 Å². The van der Waals surface area contributed by atoms with E-state index in [4.69, 9.17) is 11.6 Å². The molecule has 0 bridgehead atoms. The van der Waals surface area contributed by atoms with Gasteiger partial charge in [0.1, 0.15) is 0 Å². The van der Waals surface area contributed by atoms with Crippen molar-refractivity contribution >= 4 is 60.3 Å². The zero-order chi connectivity index (χ0) is 39.9. The van der Waals surface area contributed by atoms with Crippen LogP contribution in [0.15, 0.2) is 141 Å². The Bertz CT molecular complexity index is 2000. The molecule has 0 spiro atoms. The lowest BCUT2D eigenvalue weighted by atomic mass is 9.72. The fourth-order valence-electron chi connectivity index (χ4n) is 5.66. The number of hydrogen-bond acceptors (Lipinski definition) is 8. The van der Waals surface area contributed by atoms with Crippen LogP contribution in [0.4, 0.5) is 11.4 Å². The van der Waals surface area contributed by atoms with Gasteiger partial charge < -0.3 is 0 Å². The molecular formula is C42H48BrClN4O4S. The number of Topliss-reactive ketones (excluding diaryl/α,β-unsaturated/α-hetero) is 2. The Morgan fingerprint density at radius 3 is 1.23 bits per heavy atom. The quantitative estimate of drug-likeness (QED) is 0.270. The van der Waals surface area contributed by atoms with Gasteiger partial charge in [-0.25, -0.2) is 8.42 Å². The average molecular weight is 820 g/mol. The highest BCUT2D eigenvalue weighted by Crippen LogP contribution is 2.41. The fourth-order valence-corrected chi connectivity index (χ4v) is 8.51. The van der Waals surface area contributed by atoms with Crippen molar-refractivity contribution in [3.8, 4) is 0 Å². The minimum Gasteiger partial charge on any atom is -0.289 e. The largest absolute Gasteiger partial charge is 0.289 e. The van der Waals surface area contributed by atoms with E-state index in [9.17, 15) is 18.0 Å². The Balaban J connectivity index is 1.58. The van der Waals surface area contributed by atoms with Gasteiger partial charge in [0.15, 0.2) is 11.6 Å². The summed E-state index contributed by atoms with van der Waals surface area (Å²) in [5.74, 6) is 0.0608. The van der Waals surface area contributed by atoms with Gasteiger partial charge in [0, 0.05) is 26.8 Å². The molecule has 11 heteroatoms. The van der Waals surface area contributed by atoms with Crippen molar-refractivity contribution in [3.05, 3.63) is 116 Å². The van der Waals surface area contributed by atoms with Crippen LogP contribution in [0.2, 0.25) is 5.02 Å². The lowest BCUT2D eigenvalue weighted by Crippen LogP contribution is -2.27. The number of ketones is 2.